The van der Waals surface area contributed by atoms with Crippen LogP contribution in [-0.4, -0.2) is 9.96 Å². The number of hydrogen-bond acceptors (Lipinski definition) is 3. The molecule has 0 aliphatic carbocycles. The van der Waals surface area contributed by atoms with E-state index in [0.29, 0.717) is 11.4 Å². The fourth-order valence-corrected chi connectivity index (χ4v) is 4.03. The number of nitrogen functional groups attached to an aromatic ring is 1. The van der Waals surface area contributed by atoms with Gasteiger partial charge in [-0.25, -0.2) is 0 Å². The summed E-state index contributed by atoms with van der Waals surface area (Å²) in [5, 5.41) is 2.03. The summed E-state index contributed by atoms with van der Waals surface area (Å²) in [6, 6.07) is 9.54. The summed E-state index contributed by atoms with van der Waals surface area (Å²) in [4.78, 5) is 1.97. The Labute approximate surface area is 115 Å². The normalized spacial score (nSPS) is 12.5. The maximum absolute atomic E-state index is 12.1. The van der Waals surface area contributed by atoms with Crippen LogP contribution in [-0.2, 0) is 17.2 Å². The smallest absolute Gasteiger partial charge is 0.0628 e. The first kappa shape index (κ1) is 12.8. The molecule has 0 radical (unpaired) electrons. The van der Waals surface area contributed by atoms with E-state index in [1.807, 2.05) is 23.6 Å². The third-order valence-corrected chi connectivity index (χ3v) is 5.18. The van der Waals surface area contributed by atoms with Crippen molar-refractivity contribution in [2.75, 3.05) is 11.5 Å². The Morgan fingerprint density at radius 3 is 2.88 bits per heavy atom. The van der Waals surface area contributed by atoms with Crippen molar-refractivity contribution in [1.29, 1.82) is 0 Å². The van der Waals surface area contributed by atoms with E-state index in [2.05, 4.69) is 22.0 Å². The molecular formula is C12H12BrNOS2. The highest BCUT2D eigenvalue weighted by molar-refractivity contribution is 9.10. The van der Waals surface area contributed by atoms with Crippen molar-refractivity contribution in [3.8, 4) is 0 Å². The molecule has 0 saturated carbocycles. The van der Waals surface area contributed by atoms with Crippen molar-refractivity contribution in [2.45, 2.75) is 11.3 Å². The van der Waals surface area contributed by atoms with Crippen molar-refractivity contribution in [2.24, 2.45) is 0 Å². The Hall–Kier alpha value is -0.650. The summed E-state index contributed by atoms with van der Waals surface area (Å²) in [5.74, 6) is 0.612. The number of benzene rings is 1. The van der Waals surface area contributed by atoms with Gasteiger partial charge in [0.1, 0.15) is 0 Å². The molecule has 0 bridgehead atoms. The van der Waals surface area contributed by atoms with Crippen LogP contribution >= 0.6 is 27.3 Å². The van der Waals surface area contributed by atoms with Crippen LogP contribution in [0.1, 0.15) is 4.88 Å². The van der Waals surface area contributed by atoms with Gasteiger partial charge in [0.25, 0.3) is 0 Å². The lowest BCUT2D eigenvalue weighted by atomic mass is 10.3. The van der Waals surface area contributed by atoms with E-state index >= 15 is 0 Å². The summed E-state index contributed by atoms with van der Waals surface area (Å²) in [7, 11) is -1.04. The van der Waals surface area contributed by atoms with Gasteiger partial charge in [-0.3, -0.25) is 4.21 Å². The fourth-order valence-electron chi connectivity index (χ4n) is 1.46. The van der Waals surface area contributed by atoms with Crippen molar-refractivity contribution in [3.05, 3.63) is 45.1 Å². The van der Waals surface area contributed by atoms with E-state index in [1.54, 1.807) is 17.4 Å². The first-order valence-electron chi connectivity index (χ1n) is 5.12. The molecule has 1 aromatic heterocycles. The molecule has 0 fully saturated rings. The molecule has 1 aromatic carbocycles. The van der Waals surface area contributed by atoms with Gasteiger partial charge in [-0.2, -0.15) is 0 Å². The Balaban J connectivity index is 2.07. The fraction of sp³-hybridized carbons (Fsp3) is 0.167. The van der Waals surface area contributed by atoms with E-state index in [4.69, 9.17) is 5.73 Å². The monoisotopic (exact) mass is 329 g/mol. The number of hydrogen-bond donors (Lipinski definition) is 1. The zero-order valence-corrected chi connectivity index (χ0v) is 12.3. The minimum Gasteiger partial charge on any atom is -0.398 e. The van der Waals surface area contributed by atoms with Crippen LogP contribution < -0.4 is 5.73 Å². The highest BCUT2D eigenvalue weighted by Gasteiger charge is 2.09. The lowest BCUT2D eigenvalue weighted by Gasteiger charge is -2.05. The molecule has 2 nitrogen and oxygen atoms in total. The second-order valence-electron chi connectivity index (χ2n) is 3.56. The van der Waals surface area contributed by atoms with Gasteiger partial charge in [0.15, 0.2) is 0 Å². The molecule has 0 aliphatic heterocycles. The van der Waals surface area contributed by atoms with Crippen LogP contribution in [0.25, 0.3) is 0 Å². The standard InChI is InChI=1S/C12H12BrNOS2/c13-9-3-4-11(14)12(8-9)17(15)7-5-10-2-1-6-16-10/h1-4,6,8H,5,7,14H2. The minimum absolute atomic E-state index is 0.595. The van der Waals surface area contributed by atoms with Crippen LogP contribution in [0.3, 0.4) is 0 Å². The van der Waals surface area contributed by atoms with Crippen molar-refractivity contribution in [3.63, 3.8) is 0 Å². The van der Waals surface area contributed by atoms with Gasteiger partial charge >= 0.3 is 0 Å². The summed E-state index contributed by atoms with van der Waals surface area (Å²) in [5.41, 5.74) is 6.42. The SMILES string of the molecule is Nc1ccc(Br)cc1S(=O)CCc1cccs1. The average Bonchev–Trinajstić information content (AvgIpc) is 2.82. The molecule has 1 unspecified atom stereocenters. The van der Waals surface area contributed by atoms with Crippen molar-refractivity contribution >= 4 is 43.8 Å². The quantitative estimate of drug-likeness (QED) is 0.873. The predicted molar refractivity (Wildman–Crippen MR) is 77.9 cm³/mol. The first-order valence-corrected chi connectivity index (χ1v) is 8.12. The lowest BCUT2D eigenvalue weighted by molar-refractivity contribution is 0.682. The van der Waals surface area contributed by atoms with Crippen LogP contribution in [0.2, 0.25) is 0 Å². The molecule has 0 saturated heterocycles. The summed E-state index contributed by atoms with van der Waals surface area (Å²) < 4.78 is 13.0. The zero-order valence-electron chi connectivity index (χ0n) is 9.06. The van der Waals surface area contributed by atoms with E-state index in [-0.39, 0.29) is 0 Å². The highest BCUT2D eigenvalue weighted by Crippen LogP contribution is 2.22. The maximum Gasteiger partial charge on any atom is 0.0628 e. The molecule has 0 spiro atoms. The molecular weight excluding hydrogens is 318 g/mol. The number of aryl methyl sites for hydroxylation is 1. The van der Waals surface area contributed by atoms with Gasteiger partial charge in [-0.05, 0) is 36.1 Å². The molecule has 1 heterocycles. The number of rotatable bonds is 4. The Morgan fingerprint density at radius 1 is 1.35 bits per heavy atom. The first-order chi connectivity index (χ1) is 8.16. The highest BCUT2D eigenvalue weighted by atomic mass is 79.9. The third-order valence-electron chi connectivity index (χ3n) is 2.33. The van der Waals surface area contributed by atoms with E-state index in [1.165, 1.54) is 4.88 Å². The minimum atomic E-state index is -1.04. The maximum atomic E-state index is 12.1. The Kier molecular flexibility index (Phi) is 4.36. The number of thiophene rings is 1. The average molecular weight is 330 g/mol. The van der Waals surface area contributed by atoms with Crippen molar-refractivity contribution < 1.29 is 4.21 Å². The summed E-state index contributed by atoms with van der Waals surface area (Å²) in [6.07, 6.45) is 0.830. The molecule has 17 heavy (non-hydrogen) atoms. The zero-order chi connectivity index (χ0) is 12.3. The molecule has 2 aromatic rings. The molecule has 0 amide bonds. The van der Waals surface area contributed by atoms with E-state index in [9.17, 15) is 4.21 Å². The van der Waals surface area contributed by atoms with Crippen LogP contribution in [0, 0.1) is 0 Å². The van der Waals surface area contributed by atoms with Crippen LogP contribution in [0.15, 0.2) is 45.1 Å². The Morgan fingerprint density at radius 2 is 2.18 bits per heavy atom. The van der Waals surface area contributed by atoms with Gasteiger partial charge in [0.2, 0.25) is 0 Å². The van der Waals surface area contributed by atoms with Gasteiger partial charge in [0, 0.05) is 20.8 Å². The van der Waals surface area contributed by atoms with Crippen molar-refractivity contribution in [1.82, 2.24) is 0 Å². The summed E-state index contributed by atoms with van der Waals surface area (Å²) in [6.45, 7) is 0. The van der Waals surface area contributed by atoms with Crippen LogP contribution in [0.4, 0.5) is 5.69 Å². The molecule has 5 heteroatoms. The molecule has 1 atom stereocenters. The van der Waals surface area contributed by atoms with E-state index < -0.39 is 10.8 Å². The molecule has 2 N–H and O–H groups in total. The second kappa shape index (κ2) is 5.80. The summed E-state index contributed by atoms with van der Waals surface area (Å²) >= 11 is 5.06. The van der Waals surface area contributed by atoms with Gasteiger partial charge in [-0.1, -0.05) is 22.0 Å². The predicted octanol–water partition coefficient (Wildman–Crippen LogP) is 3.44. The topological polar surface area (TPSA) is 43.1 Å². The van der Waals surface area contributed by atoms with Crippen LogP contribution in [0.5, 0.6) is 0 Å². The van der Waals surface area contributed by atoms with Gasteiger partial charge in [-0.15, -0.1) is 11.3 Å². The largest absolute Gasteiger partial charge is 0.398 e. The van der Waals surface area contributed by atoms with Gasteiger partial charge < -0.3 is 5.73 Å². The third kappa shape index (κ3) is 3.40. The van der Waals surface area contributed by atoms with Gasteiger partial charge in [0.05, 0.1) is 15.7 Å². The number of halogens is 1. The van der Waals surface area contributed by atoms with E-state index in [0.717, 1.165) is 15.8 Å². The lowest BCUT2D eigenvalue weighted by Crippen LogP contribution is -2.04. The second-order valence-corrected chi connectivity index (χ2v) is 7.05. The molecule has 90 valence electrons. The Bertz CT molecular complexity index is 525. The molecule has 0 aliphatic rings. The molecule has 2 rings (SSSR count). The number of anilines is 1. The number of nitrogens with two attached hydrogens (primary N) is 1.